The van der Waals surface area contributed by atoms with E-state index in [4.69, 9.17) is 0 Å². The van der Waals surface area contributed by atoms with Crippen LogP contribution in [0.5, 0.6) is 0 Å². The van der Waals surface area contributed by atoms with Gasteiger partial charge in [0.2, 0.25) is 0 Å². The van der Waals surface area contributed by atoms with Crippen molar-refractivity contribution in [2.45, 2.75) is 0 Å². The summed E-state index contributed by atoms with van der Waals surface area (Å²) < 4.78 is 25.8. The van der Waals surface area contributed by atoms with Gasteiger partial charge in [-0.2, -0.15) is 0 Å². The van der Waals surface area contributed by atoms with E-state index in [1.165, 1.54) is 24.4 Å². The largest absolute Gasteiger partial charge is 0.234 e. The third-order valence-electron chi connectivity index (χ3n) is 1.74. The van der Waals surface area contributed by atoms with Crippen LogP contribution >= 0.6 is 0 Å². The molecular weight excluding hydrogens is 186 g/mol. The van der Waals surface area contributed by atoms with Crippen LogP contribution in [0.15, 0.2) is 30.5 Å². The molecule has 2 aromatic rings. The lowest BCUT2D eigenvalue weighted by molar-refractivity contribution is 0.585. The van der Waals surface area contributed by atoms with Crippen LogP contribution in [0.4, 0.5) is 8.78 Å². The summed E-state index contributed by atoms with van der Waals surface area (Å²) in [6, 6.07) is 4.87. The van der Waals surface area contributed by atoms with E-state index < -0.39 is 11.6 Å². The smallest absolute Gasteiger partial charge is 0.198 e. The van der Waals surface area contributed by atoms with Crippen LogP contribution in [-0.2, 0) is 0 Å². The van der Waals surface area contributed by atoms with Crippen LogP contribution in [0.1, 0.15) is 0 Å². The van der Waals surface area contributed by atoms with Crippen molar-refractivity contribution < 1.29 is 8.78 Å². The second kappa shape index (κ2) is 3.49. The van der Waals surface area contributed by atoms with Gasteiger partial charge >= 0.3 is 0 Å². The minimum absolute atomic E-state index is 0.241. The molecule has 1 aromatic carbocycles. The molecule has 0 atom stereocenters. The predicted octanol–water partition coefficient (Wildman–Crippen LogP) is 2.22. The molecule has 0 unspecified atom stereocenters. The average molecular weight is 191 g/mol. The van der Waals surface area contributed by atoms with Crippen LogP contribution in [0.25, 0.3) is 11.3 Å². The van der Waals surface area contributed by atoms with Gasteiger partial charge in [-0.25, -0.2) is 18.7 Å². The van der Waals surface area contributed by atoms with Crippen LogP contribution in [0, 0.1) is 18.0 Å². The highest BCUT2D eigenvalue weighted by atomic mass is 19.1. The molecule has 1 aromatic heterocycles. The van der Waals surface area contributed by atoms with Crippen molar-refractivity contribution in [3.8, 4) is 11.3 Å². The highest BCUT2D eigenvalue weighted by molar-refractivity contribution is 5.58. The quantitative estimate of drug-likeness (QED) is 0.690. The number of hydrogen-bond donors (Lipinski definition) is 0. The van der Waals surface area contributed by atoms with E-state index in [0.29, 0.717) is 5.69 Å². The zero-order chi connectivity index (χ0) is 9.97. The molecule has 69 valence electrons. The summed E-state index contributed by atoms with van der Waals surface area (Å²) in [5, 5.41) is 0. The van der Waals surface area contributed by atoms with E-state index in [0.717, 1.165) is 6.07 Å². The Labute approximate surface area is 79.3 Å². The first-order valence-corrected chi connectivity index (χ1v) is 3.92. The highest BCUT2D eigenvalue weighted by Gasteiger charge is 2.06. The second-order valence-electron chi connectivity index (χ2n) is 2.67. The minimum Gasteiger partial charge on any atom is -0.234 e. The van der Waals surface area contributed by atoms with Crippen molar-refractivity contribution >= 4 is 0 Å². The molecule has 4 heteroatoms. The maximum absolute atomic E-state index is 13.2. The zero-order valence-electron chi connectivity index (χ0n) is 7.04. The number of halogens is 2. The van der Waals surface area contributed by atoms with Crippen molar-refractivity contribution in [1.29, 1.82) is 0 Å². The molecule has 2 nitrogen and oxygen atoms in total. The lowest BCUT2D eigenvalue weighted by Crippen LogP contribution is -1.89. The summed E-state index contributed by atoms with van der Waals surface area (Å²) in [5.74, 6) is -1.25. The fourth-order valence-corrected chi connectivity index (χ4v) is 1.11. The van der Waals surface area contributed by atoms with Gasteiger partial charge in [0.1, 0.15) is 11.6 Å². The maximum Gasteiger partial charge on any atom is 0.198 e. The molecule has 14 heavy (non-hydrogen) atoms. The number of nitrogens with zero attached hydrogens (tertiary/aromatic N) is 2. The molecule has 2 rings (SSSR count). The zero-order valence-corrected chi connectivity index (χ0v) is 7.04. The molecule has 0 bridgehead atoms. The fourth-order valence-electron chi connectivity index (χ4n) is 1.11. The lowest BCUT2D eigenvalue weighted by atomic mass is 10.1. The van der Waals surface area contributed by atoms with Gasteiger partial charge in [0.05, 0.1) is 5.69 Å². The van der Waals surface area contributed by atoms with Crippen molar-refractivity contribution in [3.05, 3.63) is 48.4 Å². The number of aromatic nitrogens is 2. The monoisotopic (exact) mass is 191 g/mol. The molecule has 0 fully saturated rings. The van der Waals surface area contributed by atoms with Crippen LogP contribution in [0.3, 0.4) is 0 Å². The number of benzene rings is 1. The normalized spacial score (nSPS) is 10.1. The van der Waals surface area contributed by atoms with Gasteiger partial charge in [0.15, 0.2) is 6.33 Å². The summed E-state index contributed by atoms with van der Waals surface area (Å²) in [4.78, 5) is 7.33. The Morgan fingerprint density at radius 2 is 2.00 bits per heavy atom. The Bertz CT molecular complexity index is 443. The first-order valence-electron chi connectivity index (χ1n) is 3.92. The van der Waals surface area contributed by atoms with E-state index >= 15 is 0 Å². The van der Waals surface area contributed by atoms with E-state index in [1.54, 1.807) is 0 Å². The molecule has 0 saturated carbocycles. The number of hydrogen-bond acceptors (Lipinski definition) is 2. The van der Waals surface area contributed by atoms with E-state index in [-0.39, 0.29) is 5.56 Å². The minimum atomic E-state index is -0.642. The summed E-state index contributed by atoms with van der Waals surface area (Å²) in [6.07, 6.45) is 3.79. The molecule has 0 aliphatic heterocycles. The van der Waals surface area contributed by atoms with Crippen LogP contribution in [0.2, 0.25) is 0 Å². The first-order chi connectivity index (χ1) is 6.77. The molecule has 0 aliphatic carbocycles. The Kier molecular flexibility index (Phi) is 2.18. The summed E-state index contributed by atoms with van der Waals surface area (Å²) in [5.41, 5.74) is 0.627. The third-order valence-corrected chi connectivity index (χ3v) is 1.74. The van der Waals surface area contributed by atoms with Gasteiger partial charge in [0, 0.05) is 17.8 Å². The van der Waals surface area contributed by atoms with Crippen LogP contribution < -0.4 is 0 Å². The Morgan fingerprint density at radius 3 is 2.64 bits per heavy atom. The maximum atomic E-state index is 13.2. The molecule has 0 amide bonds. The van der Waals surface area contributed by atoms with Crippen molar-refractivity contribution in [2.24, 2.45) is 0 Å². The number of rotatable bonds is 1. The molecule has 0 saturated heterocycles. The molecule has 1 heterocycles. The SMILES string of the molecule is Fc1ccc(-c2ccn[c]n2)c(F)c1. The Morgan fingerprint density at radius 1 is 1.14 bits per heavy atom. The Balaban J connectivity index is 2.53. The summed E-state index contributed by atoms with van der Waals surface area (Å²) >= 11 is 0. The average Bonchev–Trinajstić information content (AvgIpc) is 2.19. The topological polar surface area (TPSA) is 25.8 Å². The van der Waals surface area contributed by atoms with E-state index in [2.05, 4.69) is 16.3 Å². The standard InChI is InChI=1S/C10H5F2N2/c11-7-1-2-8(9(12)5-7)10-3-4-13-6-14-10/h1-5H. The third kappa shape index (κ3) is 1.59. The van der Waals surface area contributed by atoms with Crippen molar-refractivity contribution in [2.75, 3.05) is 0 Å². The molecule has 0 spiro atoms. The predicted molar refractivity (Wildman–Crippen MR) is 46.2 cm³/mol. The lowest BCUT2D eigenvalue weighted by Gasteiger charge is -2.00. The van der Waals surface area contributed by atoms with Crippen LogP contribution in [-0.4, -0.2) is 9.97 Å². The van der Waals surface area contributed by atoms with E-state index in [1.807, 2.05) is 0 Å². The second-order valence-corrected chi connectivity index (χ2v) is 2.67. The van der Waals surface area contributed by atoms with Gasteiger partial charge in [-0.1, -0.05) is 0 Å². The van der Waals surface area contributed by atoms with Gasteiger partial charge in [-0.15, -0.1) is 0 Å². The van der Waals surface area contributed by atoms with Crippen molar-refractivity contribution in [1.82, 2.24) is 9.97 Å². The first kappa shape index (κ1) is 8.74. The van der Waals surface area contributed by atoms with Gasteiger partial charge in [-0.3, -0.25) is 0 Å². The summed E-state index contributed by atoms with van der Waals surface area (Å²) in [6.45, 7) is 0. The molecule has 0 N–H and O–H groups in total. The Hall–Kier alpha value is -1.84. The van der Waals surface area contributed by atoms with Gasteiger partial charge < -0.3 is 0 Å². The van der Waals surface area contributed by atoms with Gasteiger partial charge in [0.25, 0.3) is 0 Å². The van der Waals surface area contributed by atoms with Crippen molar-refractivity contribution in [3.63, 3.8) is 0 Å². The van der Waals surface area contributed by atoms with E-state index in [9.17, 15) is 8.78 Å². The molecular formula is C10H5F2N2. The highest BCUT2D eigenvalue weighted by Crippen LogP contribution is 2.20. The fraction of sp³-hybridized carbons (Fsp3) is 0. The molecule has 0 aliphatic rings. The molecule has 1 radical (unpaired) electrons. The van der Waals surface area contributed by atoms with Gasteiger partial charge in [-0.05, 0) is 18.2 Å². The summed E-state index contributed by atoms with van der Waals surface area (Å²) in [7, 11) is 0.